The van der Waals surface area contributed by atoms with E-state index in [1.54, 1.807) is 13.8 Å². The van der Waals surface area contributed by atoms with Crippen LogP contribution >= 0.6 is 0 Å². The van der Waals surface area contributed by atoms with Crippen LogP contribution in [0.4, 0.5) is 0 Å². The van der Waals surface area contributed by atoms with Crippen LogP contribution in [0.1, 0.15) is 24.2 Å². The fraction of sp³-hybridized carbons (Fsp3) is 0.273. The van der Waals surface area contributed by atoms with Crippen molar-refractivity contribution in [2.45, 2.75) is 24.8 Å². The minimum absolute atomic E-state index is 0.167. The fourth-order valence-electron chi connectivity index (χ4n) is 0.847. The lowest BCUT2D eigenvalue weighted by Gasteiger charge is -2.01. The predicted octanol–water partition coefficient (Wildman–Crippen LogP) is -0.437. The quantitative estimate of drug-likeness (QED) is 0.211. The van der Waals surface area contributed by atoms with Crippen molar-refractivity contribution >= 4 is 22.0 Å². The molecule has 0 bridgehead atoms. The minimum atomic E-state index is -4.45. The van der Waals surface area contributed by atoms with Crippen LogP contribution in [0.15, 0.2) is 23.1 Å². The Kier molecular flexibility index (Phi) is 9.51. The van der Waals surface area contributed by atoms with Crippen molar-refractivity contribution in [2.75, 3.05) is 0 Å². The number of guanidine groups is 1. The van der Waals surface area contributed by atoms with Gasteiger partial charge < -0.3 is 26.8 Å². The van der Waals surface area contributed by atoms with Crippen molar-refractivity contribution in [1.82, 2.24) is 0 Å². The largest absolute Gasteiger partial charge is 0.507 e. The highest BCUT2D eigenvalue weighted by atomic mass is 32.2. The van der Waals surface area contributed by atoms with Gasteiger partial charge in [-0.15, -0.1) is 0 Å². The number of aliphatic hydroxyl groups excluding tert-OH is 1. The first kappa shape index (κ1) is 21.9. The number of benzene rings is 1. The van der Waals surface area contributed by atoms with Gasteiger partial charge in [0.05, 0.1) is 4.90 Å². The highest BCUT2D eigenvalue weighted by Crippen LogP contribution is 2.20. The number of carboxylic acids is 1. The summed E-state index contributed by atoms with van der Waals surface area (Å²) >= 11 is 0. The number of nitrogens with one attached hydrogen (secondary N) is 1. The van der Waals surface area contributed by atoms with Crippen LogP contribution < -0.4 is 11.5 Å². The van der Waals surface area contributed by atoms with E-state index >= 15 is 0 Å². The van der Waals surface area contributed by atoms with Gasteiger partial charge in [-0.3, -0.25) is 9.96 Å². The summed E-state index contributed by atoms with van der Waals surface area (Å²) in [5, 5.41) is 31.6. The van der Waals surface area contributed by atoms with Crippen molar-refractivity contribution in [2.24, 2.45) is 11.5 Å². The molecule has 0 saturated carbocycles. The molecule has 11 heteroatoms. The first-order chi connectivity index (χ1) is 9.78. The van der Waals surface area contributed by atoms with Crippen LogP contribution in [0.2, 0.25) is 0 Å². The molecule has 0 aromatic heterocycles. The summed E-state index contributed by atoms with van der Waals surface area (Å²) in [6.07, 6.45) is -0.167. The summed E-state index contributed by atoms with van der Waals surface area (Å²) in [4.78, 5) is 9.89. The number of aromatic hydroxyl groups is 1. The van der Waals surface area contributed by atoms with Gasteiger partial charge in [-0.05, 0) is 32.0 Å². The summed E-state index contributed by atoms with van der Waals surface area (Å²) in [7, 11) is -4.45. The van der Waals surface area contributed by atoms with Crippen LogP contribution in [-0.2, 0) is 10.1 Å². The fourth-order valence-corrected chi connectivity index (χ4v) is 1.35. The van der Waals surface area contributed by atoms with E-state index in [1.165, 1.54) is 0 Å². The van der Waals surface area contributed by atoms with E-state index in [0.29, 0.717) is 6.07 Å². The SMILES string of the molecule is CC(C)O.N=C(N)N.O=C(O)c1cc(S(=O)(=O)O)ccc1O. The molecule has 0 heterocycles. The highest BCUT2D eigenvalue weighted by Gasteiger charge is 2.16. The number of nitrogens with two attached hydrogens (primary N) is 2. The van der Waals surface area contributed by atoms with E-state index in [0.717, 1.165) is 12.1 Å². The zero-order valence-corrected chi connectivity index (χ0v) is 12.7. The first-order valence-electron chi connectivity index (χ1n) is 5.60. The normalized spacial score (nSPS) is 9.86. The van der Waals surface area contributed by atoms with Gasteiger partial charge in [0.15, 0.2) is 5.96 Å². The zero-order valence-electron chi connectivity index (χ0n) is 11.9. The Morgan fingerprint density at radius 2 is 1.64 bits per heavy atom. The molecule has 0 aliphatic rings. The molecule has 0 unspecified atom stereocenters. The molecule has 0 radical (unpaired) electrons. The maximum Gasteiger partial charge on any atom is 0.339 e. The van der Waals surface area contributed by atoms with Gasteiger partial charge in [-0.2, -0.15) is 8.42 Å². The van der Waals surface area contributed by atoms with Crippen LogP contribution in [0, 0.1) is 5.41 Å². The second-order valence-electron chi connectivity index (χ2n) is 4.01. The number of aliphatic hydroxyl groups is 1. The van der Waals surface area contributed by atoms with Crippen molar-refractivity contribution in [3.05, 3.63) is 23.8 Å². The van der Waals surface area contributed by atoms with Crippen molar-refractivity contribution < 1.29 is 33.1 Å². The Labute approximate surface area is 127 Å². The van der Waals surface area contributed by atoms with E-state index in [-0.39, 0.29) is 12.1 Å². The number of hydrogen-bond acceptors (Lipinski definition) is 6. The molecule has 1 aromatic carbocycles. The van der Waals surface area contributed by atoms with Gasteiger partial charge in [-0.1, -0.05) is 0 Å². The van der Waals surface area contributed by atoms with Gasteiger partial charge in [0.2, 0.25) is 0 Å². The third-order valence-corrected chi connectivity index (χ3v) is 2.35. The predicted molar refractivity (Wildman–Crippen MR) is 78.3 cm³/mol. The van der Waals surface area contributed by atoms with E-state index in [4.69, 9.17) is 25.3 Å². The molecule has 1 aromatic rings. The van der Waals surface area contributed by atoms with Gasteiger partial charge in [0.1, 0.15) is 11.3 Å². The maximum absolute atomic E-state index is 10.6. The van der Waals surface area contributed by atoms with E-state index < -0.39 is 32.3 Å². The van der Waals surface area contributed by atoms with E-state index in [9.17, 15) is 13.2 Å². The van der Waals surface area contributed by atoms with Crippen molar-refractivity contribution in [3.8, 4) is 5.75 Å². The van der Waals surface area contributed by atoms with Crippen LogP contribution in [-0.4, -0.2) is 46.3 Å². The smallest absolute Gasteiger partial charge is 0.339 e. The number of rotatable bonds is 2. The van der Waals surface area contributed by atoms with Gasteiger partial charge in [0.25, 0.3) is 10.1 Å². The lowest BCUT2D eigenvalue weighted by molar-refractivity contribution is 0.0693. The summed E-state index contributed by atoms with van der Waals surface area (Å²) in [5.41, 5.74) is 8.36. The van der Waals surface area contributed by atoms with Crippen molar-refractivity contribution in [1.29, 1.82) is 5.41 Å². The molecule has 0 atom stereocenters. The van der Waals surface area contributed by atoms with Crippen LogP contribution in [0.3, 0.4) is 0 Å². The van der Waals surface area contributed by atoms with Gasteiger partial charge in [-0.25, -0.2) is 4.79 Å². The molecule has 0 spiro atoms. The Balaban J connectivity index is 0. The van der Waals surface area contributed by atoms with E-state index in [1.807, 2.05) is 0 Å². The van der Waals surface area contributed by atoms with E-state index in [2.05, 4.69) is 11.5 Å². The summed E-state index contributed by atoms with van der Waals surface area (Å²) < 4.78 is 29.8. The molecular formula is C11H19N3O7S. The molecule has 126 valence electrons. The molecule has 0 fully saturated rings. The Bertz CT molecular complexity index is 607. The molecular weight excluding hydrogens is 318 g/mol. The van der Waals surface area contributed by atoms with Gasteiger partial charge >= 0.3 is 5.97 Å². The van der Waals surface area contributed by atoms with Gasteiger partial charge in [0, 0.05) is 6.10 Å². The lowest BCUT2D eigenvalue weighted by atomic mass is 10.2. The molecule has 0 amide bonds. The Morgan fingerprint density at radius 3 is 1.91 bits per heavy atom. The zero-order chi connectivity index (χ0) is 18.1. The Morgan fingerprint density at radius 1 is 1.27 bits per heavy atom. The molecule has 0 saturated heterocycles. The number of aromatic carboxylic acids is 1. The van der Waals surface area contributed by atoms with Crippen LogP contribution in [0.5, 0.6) is 5.75 Å². The number of carbonyl (C=O) groups is 1. The summed E-state index contributed by atoms with van der Waals surface area (Å²) in [6.45, 7) is 3.44. The summed E-state index contributed by atoms with van der Waals surface area (Å²) in [6, 6.07) is 2.46. The minimum Gasteiger partial charge on any atom is -0.507 e. The monoisotopic (exact) mass is 337 g/mol. The first-order valence-corrected chi connectivity index (χ1v) is 7.04. The second-order valence-corrected chi connectivity index (χ2v) is 5.43. The number of phenols is 1. The third kappa shape index (κ3) is 11.5. The van der Waals surface area contributed by atoms with Crippen LogP contribution in [0.25, 0.3) is 0 Å². The molecule has 22 heavy (non-hydrogen) atoms. The molecule has 10 nitrogen and oxygen atoms in total. The topological polar surface area (TPSA) is 208 Å². The molecule has 1 rings (SSSR count). The average molecular weight is 337 g/mol. The summed E-state index contributed by atoms with van der Waals surface area (Å²) in [5.74, 6) is -2.38. The lowest BCUT2D eigenvalue weighted by Crippen LogP contribution is -2.20. The second kappa shape index (κ2) is 9.55. The molecule has 0 aliphatic heterocycles. The van der Waals surface area contributed by atoms with Crippen molar-refractivity contribution in [3.63, 3.8) is 0 Å². The average Bonchev–Trinajstić information content (AvgIpc) is 2.25. The standard InChI is InChI=1S/C7H6O6S.C3H8O.CH5N3/c8-6-2-1-4(14(11,12)13)3-5(6)7(9)10;1-3(2)4;2-1(3)4/h1-3,8H,(H,9,10)(H,11,12,13);3-4H,1-2H3;(H5,2,3,4). The third-order valence-electron chi connectivity index (χ3n) is 1.50. The maximum atomic E-state index is 10.6. The number of carboxylic acid groups (broad SMARTS) is 1. The molecule has 0 aliphatic carbocycles. The highest BCUT2D eigenvalue weighted by molar-refractivity contribution is 7.85. The number of hydrogen-bond donors (Lipinski definition) is 7. The molecule has 9 N–H and O–H groups in total. The Hall–Kier alpha value is -2.37.